The number of benzene rings is 1. The van der Waals surface area contributed by atoms with E-state index in [0.717, 1.165) is 17.0 Å². The number of aromatic nitrogens is 1. The van der Waals surface area contributed by atoms with Crippen LogP contribution in [0.15, 0.2) is 29.2 Å². The maximum Gasteiger partial charge on any atom is 0.244 e. The highest BCUT2D eigenvalue weighted by atomic mass is 32.2. The number of aryl methyl sites for hydroxylation is 2. The Bertz CT molecular complexity index is 781. The van der Waals surface area contributed by atoms with Crippen molar-refractivity contribution in [2.24, 2.45) is 0 Å². The van der Waals surface area contributed by atoms with Crippen molar-refractivity contribution in [3.05, 3.63) is 41.2 Å². The fraction of sp³-hybridized carbons (Fsp3) is 0.375. The third-order valence-electron chi connectivity index (χ3n) is 3.60. The Hall–Kier alpha value is -1.99. The first-order valence-corrected chi connectivity index (χ1v) is 8.72. The molecule has 0 radical (unpaired) electrons. The van der Waals surface area contributed by atoms with E-state index in [1.807, 2.05) is 19.9 Å². The predicted molar refractivity (Wildman–Crippen MR) is 88.7 cm³/mol. The molecular weight excluding hydrogens is 316 g/mol. The van der Waals surface area contributed by atoms with E-state index in [1.165, 1.54) is 20.3 Å². The Balaban J connectivity index is 2.14. The van der Waals surface area contributed by atoms with Gasteiger partial charge in [-0.1, -0.05) is 0 Å². The van der Waals surface area contributed by atoms with Crippen molar-refractivity contribution >= 4 is 10.0 Å². The fourth-order valence-corrected chi connectivity index (χ4v) is 3.65. The molecule has 1 aromatic heterocycles. The maximum atomic E-state index is 12.5. The van der Waals surface area contributed by atoms with Crippen LogP contribution in [0.3, 0.4) is 0 Å². The van der Waals surface area contributed by atoms with Crippen molar-refractivity contribution in [3.8, 4) is 11.5 Å². The molecule has 2 aromatic rings. The standard InChI is InChI=1S/C16H22N2O4S/c1-11-9-13(12(2)18-11)7-8-17-23(19,20)16-10-14(21-3)5-6-15(16)22-4/h5-6,9-10,17-18H,7-8H2,1-4H3. The molecule has 0 saturated carbocycles. The molecular formula is C16H22N2O4S. The minimum atomic E-state index is -3.68. The van der Waals surface area contributed by atoms with Crippen molar-refractivity contribution in [2.75, 3.05) is 20.8 Å². The van der Waals surface area contributed by atoms with E-state index < -0.39 is 10.0 Å². The zero-order chi connectivity index (χ0) is 17.0. The lowest BCUT2D eigenvalue weighted by molar-refractivity contribution is 0.392. The average Bonchev–Trinajstić information content (AvgIpc) is 2.84. The molecule has 0 aliphatic heterocycles. The van der Waals surface area contributed by atoms with Crippen LogP contribution in [0.4, 0.5) is 0 Å². The number of hydrogen-bond acceptors (Lipinski definition) is 4. The summed E-state index contributed by atoms with van der Waals surface area (Å²) in [6.45, 7) is 4.25. The van der Waals surface area contributed by atoms with Crippen LogP contribution in [-0.4, -0.2) is 34.2 Å². The van der Waals surface area contributed by atoms with Crippen molar-refractivity contribution in [1.29, 1.82) is 0 Å². The highest BCUT2D eigenvalue weighted by molar-refractivity contribution is 7.89. The van der Waals surface area contributed by atoms with E-state index in [2.05, 4.69) is 9.71 Å². The minimum absolute atomic E-state index is 0.0707. The molecule has 7 heteroatoms. The summed E-state index contributed by atoms with van der Waals surface area (Å²) in [5.41, 5.74) is 3.22. The molecule has 23 heavy (non-hydrogen) atoms. The van der Waals surface area contributed by atoms with Crippen molar-refractivity contribution in [2.45, 2.75) is 25.2 Å². The van der Waals surface area contributed by atoms with Crippen LogP contribution in [0.5, 0.6) is 11.5 Å². The third kappa shape index (κ3) is 4.05. The van der Waals surface area contributed by atoms with Gasteiger partial charge in [-0.15, -0.1) is 0 Å². The van der Waals surface area contributed by atoms with Crippen LogP contribution in [0.1, 0.15) is 17.0 Å². The molecule has 0 spiro atoms. The van der Waals surface area contributed by atoms with Crippen molar-refractivity contribution in [3.63, 3.8) is 0 Å². The van der Waals surface area contributed by atoms with E-state index in [-0.39, 0.29) is 10.6 Å². The summed E-state index contributed by atoms with van der Waals surface area (Å²) in [5, 5.41) is 0. The number of methoxy groups -OCH3 is 2. The molecule has 0 amide bonds. The van der Waals surface area contributed by atoms with Gasteiger partial charge >= 0.3 is 0 Å². The molecule has 1 aromatic carbocycles. The number of hydrogen-bond donors (Lipinski definition) is 2. The van der Waals surface area contributed by atoms with E-state index in [9.17, 15) is 8.42 Å². The van der Waals surface area contributed by atoms with Gasteiger partial charge in [0.1, 0.15) is 16.4 Å². The van der Waals surface area contributed by atoms with Gasteiger partial charge in [0.2, 0.25) is 10.0 Å². The molecule has 2 rings (SSSR count). The third-order valence-corrected chi connectivity index (χ3v) is 5.09. The van der Waals surface area contributed by atoms with Crippen LogP contribution in [0, 0.1) is 13.8 Å². The van der Waals surface area contributed by atoms with Gasteiger partial charge < -0.3 is 14.5 Å². The summed E-state index contributed by atoms with van der Waals surface area (Å²) < 4.78 is 37.8. The second kappa shape index (κ2) is 7.06. The number of aromatic amines is 1. The summed E-state index contributed by atoms with van der Waals surface area (Å²) in [6.07, 6.45) is 0.613. The van der Waals surface area contributed by atoms with Gasteiger partial charge in [-0.05, 0) is 44.0 Å². The van der Waals surface area contributed by atoms with Gasteiger partial charge in [0.25, 0.3) is 0 Å². The summed E-state index contributed by atoms with van der Waals surface area (Å²) >= 11 is 0. The van der Waals surface area contributed by atoms with Gasteiger partial charge in [-0.2, -0.15) is 0 Å². The normalized spacial score (nSPS) is 11.5. The zero-order valence-electron chi connectivity index (χ0n) is 13.8. The van der Waals surface area contributed by atoms with Gasteiger partial charge in [0.15, 0.2) is 0 Å². The van der Waals surface area contributed by atoms with Crippen LogP contribution in [-0.2, 0) is 16.4 Å². The number of nitrogens with one attached hydrogen (secondary N) is 2. The Morgan fingerprint density at radius 1 is 1.13 bits per heavy atom. The molecule has 2 N–H and O–H groups in total. The van der Waals surface area contributed by atoms with Crippen molar-refractivity contribution in [1.82, 2.24) is 9.71 Å². The molecule has 0 aliphatic carbocycles. The van der Waals surface area contributed by atoms with Crippen LogP contribution >= 0.6 is 0 Å². The molecule has 126 valence electrons. The van der Waals surface area contributed by atoms with Gasteiger partial charge in [0.05, 0.1) is 14.2 Å². The SMILES string of the molecule is COc1ccc(OC)c(S(=O)(=O)NCCc2cc(C)[nH]c2C)c1. The van der Waals surface area contributed by atoms with Gasteiger partial charge in [0, 0.05) is 24.0 Å². The molecule has 0 saturated heterocycles. The molecule has 0 atom stereocenters. The maximum absolute atomic E-state index is 12.5. The summed E-state index contributed by atoms with van der Waals surface area (Å²) in [5.74, 6) is 0.746. The molecule has 0 aliphatic rings. The first kappa shape index (κ1) is 17.4. The molecule has 0 fully saturated rings. The largest absolute Gasteiger partial charge is 0.497 e. The topological polar surface area (TPSA) is 80.4 Å². The van der Waals surface area contributed by atoms with Gasteiger partial charge in [-0.3, -0.25) is 0 Å². The first-order valence-electron chi connectivity index (χ1n) is 7.24. The number of sulfonamides is 1. The first-order chi connectivity index (χ1) is 10.9. The molecule has 6 nitrogen and oxygen atoms in total. The number of H-pyrrole nitrogens is 1. The summed E-state index contributed by atoms with van der Waals surface area (Å²) in [7, 11) is -0.751. The molecule has 0 bridgehead atoms. The van der Waals surface area contributed by atoms with Crippen LogP contribution < -0.4 is 14.2 Å². The van der Waals surface area contributed by atoms with E-state index >= 15 is 0 Å². The quantitative estimate of drug-likeness (QED) is 0.811. The van der Waals surface area contributed by atoms with E-state index in [1.54, 1.807) is 12.1 Å². The highest BCUT2D eigenvalue weighted by Crippen LogP contribution is 2.27. The lowest BCUT2D eigenvalue weighted by atomic mass is 10.2. The summed E-state index contributed by atoms with van der Waals surface area (Å²) in [6, 6.07) is 6.71. The number of ether oxygens (including phenoxy) is 2. The van der Waals surface area contributed by atoms with Crippen LogP contribution in [0.25, 0.3) is 0 Å². The van der Waals surface area contributed by atoms with Crippen molar-refractivity contribution < 1.29 is 17.9 Å². The summed E-state index contributed by atoms with van der Waals surface area (Å²) in [4.78, 5) is 3.28. The molecule has 1 heterocycles. The highest BCUT2D eigenvalue weighted by Gasteiger charge is 2.20. The zero-order valence-corrected chi connectivity index (χ0v) is 14.6. The predicted octanol–water partition coefficient (Wildman–Crippen LogP) is 2.17. The van der Waals surface area contributed by atoms with E-state index in [4.69, 9.17) is 9.47 Å². The fourth-order valence-electron chi connectivity index (χ4n) is 2.43. The average molecular weight is 338 g/mol. The van der Waals surface area contributed by atoms with Gasteiger partial charge in [-0.25, -0.2) is 13.1 Å². The monoisotopic (exact) mass is 338 g/mol. The van der Waals surface area contributed by atoms with E-state index in [0.29, 0.717) is 18.7 Å². The molecule has 0 unspecified atom stereocenters. The number of rotatable bonds is 7. The smallest absolute Gasteiger partial charge is 0.244 e. The second-order valence-corrected chi connectivity index (χ2v) is 7.00. The Labute approximate surface area is 136 Å². The lowest BCUT2D eigenvalue weighted by Crippen LogP contribution is -2.26. The Kier molecular flexibility index (Phi) is 5.33. The van der Waals surface area contributed by atoms with Crippen LogP contribution in [0.2, 0.25) is 0 Å². The lowest BCUT2D eigenvalue weighted by Gasteiger charge is -2.12. The Morgan fingerprint density at radius 2 is 1.87 bits per heavy atom. The Morgan fingerprint density at radius 3 is 2.43 bits per heavy atom. The minimum Gasteiger partial charge on any atom is -0.497 e. The second-order valence-electron chi connectivity index (χ2n) is 5.27.